The van der Waals surface area contributed by atoms with Gasteiger partial charge >= 0.3 is 0 Å². The van der Waals surface area contributed by atoms with E-state index in [1.807, 2.05) is 20.1 Å². The van der Waals surface area contributed by atoms with Gasteiger partial charge in [0.05, 0.1) is 11.7 Å². The van der Waals surface area contributed by atoms with Gasteiger partial charge < -0.3 is 10.8 Å². The summed E-state index contributed by atoms with van der Waals surface area (Å²) in [7, 11) is 0. The Kier molecular flexibility index (Phi) is 6.36. The van der Waals surface area contributed by atoms with E-state index in [2.05, 4.69) is 4.99 Å². The first-order valence-electron chi connectivity index (χ1n) is 3.96. The summed E-state index contributed by atoms with van der Waals surface area (Å²) in [5.41, 5.74) is 6.83. The molecule has 0 saturated carbocycles. The van der Waals surface area contributed by atoms with Crippen molar-refractivity contribution in [3.8, 4) is 0 Å². The standard InChI is InChI=1S/C9H16N2OS/c1-4-9(10)8(6-12)5-11-7(2)13-3/h4-5,12H,6,10H2,1-3H3/b8-5-,9-4-,11-7+. The minimum Gasteiger partial charge on any atom is -0.399 e. The summed E-state index contributed by atoms with van der Waals surface area (Å²) in [4.78, 5) is 4.12. The lowest BCUT2D eigenvalue weighted by molar-refractivity contribution is 0.333. The molecule has 0 saturated heterocycles. The number of nitrogens with two attached hydrogens (primary N) is 1. The van der Waals surface area contributed by atoms with Crippen LogP contribution in [0.3, 0.4) is 0 Å². The summed E-state index contributed by atoms with van der Waals surface area (Å²) in [5, 5.41) is 9.89. The molecule has 0 heterocycles. The fourth-order valence-electron chi connectivity index (χ4n) is 0.614. The Morgan fingerprint density at radius 2 is 2.23 bits per heavy atom. The van der Waals surface area contributed by atoms with Gasteiger partial charge in [0.1, 0.15) is 0 Å². The molecule has 0 aliphatic carbocycles. The second-order valence-corrected chi connectivity index (χ2v) is 3.41. The predicted molar refractivity (Wildman–Crippen MR) is 59.7 cm³/mol. The van der Waals surface area contributed by atoms with E-state index in [0.29, 0.717) is 11.3 Å². The van der Waals surface area contributed by atoms with Gasteiger partial charge in [-0.25, -0.2) is 0 Å². The minimum atomic E-state index is -0.0820. The van der Waals surface area contributed by atoms with E-state index in [9.17, 15) is 0 Å². The van der Waals surface area contributed by atoms with E-state index < -0.39 is 0 Å². The van der Waals surface area contributed by atoms with E-state index in [1.54, 1.807) is 24.0 Å². The number of allylic oxidation sites excluding steroid dienone is 1. The highest BCUT2D eigenvalue weighted by atomic mass is 32.2. The summed E-state index contributed by atoms with van der Waals surface area (Å²) in [5.74, 6) is 0. The Balaban J connectivity index is 4.58. The van der Waals surface area contributed by atoms with E-state index in [-0.39, 0.29) is 6.61 Å². The maximum Gasteiger partial charge on any atom is 0.0717 e. The summed E-state index contributed by atoms with van der Waals surface area (Å²) in [6.45, 7) is 3.65. The van der Waals surface area contributed by atoms with Gasteiger partial charge in [-0.15, -0.1) is 11.8 Å². The van der Waals surface area contributed by atoms with Gasteiger partial charge in [0.15, 0.2) is 0 Å². The SMILES string of the molecule is C/C=C(N)/C(=C\N=C(/C)SC)CO. The monoisotopic (exact) mass is 200 g/mol. The second-order valence-electron chi connectivity index (χ2n) is 2.41. The van der Waals surface area contributed by atoms with Crippen LogP contribution >= 0.6 is 11.8 Å². The van der Waals surface area contributed by atoms with Crippen LogP contribution in [0.25, 0.3) is 0 Å². The minimum absolute atomic E-state index is 0.0820. The highest BCUT2D eigenvalue weighted by molar-refractivity contribution is 8.13. The molecule has 0 aliphatic heterocycles. The normalized spacial score (nSPS) is 14.9. The molecule has 0 aromatic carbocycles. The zero-order chi connectivity index (χ0) is 10.3. The Morgan fingerprint density at radius 1 is 1.62 bits per heavy atom. The van der Waals surface area contributed by atoms with Crippen molar-refractivity contribution in [1.29, 1.82) is 0 Å². The Morgan fingerprint density at radius 3 is 2.62 bits per heavy atom. The number of rotatable bonds is 3. The molecule has 4 heteroatoms. The zero-order valence-electron chi connectivity index (χ0n) is 8.24. The molecule has 3 N–H and O–H groups in total. The van der Waals surface area contributed by atoms with Crippen molar-refractivity contribution in [2.75, 3.05) is 12.9 Å². The average molecular weight is 200 g/mol. The molecular formula is C9H16N2OS. The fourth-order valence-corrected chi connectivity index (χ4v) is 0.772. The Bertz CT molecular complexity index is 244. The highest BCUT2D eigenvalue weighted by Crippen LogP contribution is 2.05. The van der Waals surface area contributed by atoms with E-state index in [1.165, 1.54) is 0 Å². The van der Waals surface area contributed by atoms with Gasteiger partial charge in [0.2, 0.25) is 0 Å². The van der Waals surface area contributed by atoms with Crippen LogP contribution in [0.2, 0.25) is 0 Å². The van der Waals surface area contributed by atoms with Crippen LogP contribution in [-0.2, 0) is 0 Å². The first kappa shape index (κ1) is 12.3. The lowest BCUT2D eigenvalue weighted by Gasteiger charge is -2.01. The number of aliphatic hydroxyl groups excluding tert-OH is 1. The molecule has 0 spiro atoms. The maximum absolute atomic E-state index is 8.95. The van der Waals surface area contributed by atoms with E-state index >= 15 is 0 Å². The van der Waals surface area contributed by atoms with Crippen LogP contribution in [0.1, 0.15) is 13.8 Å². The molecular weight excluding hydrogens is 184 g/mol. The van der Waals surface area contributed by atoms with Gasteiger partial charge in [-0.1, -0.05) is 6.08 Å². The maximum atomic E-state index is 8.95. The molecule has 74 valence electrons. The number of aliphatic hydroxyl groups is 1. The predicted octanol–water partition coefficient (Wildman–Crippen LogP) is 1.51. The molecule has 0 aromatic rings. The van der Waals surface area contributed by atoms with Crippen LogP contribution in [0, 0.1) is 0 Å². The molecule has 3 nitrogen and oxygen atoms in total. The molecule has 0 amide bonds. The average Bonchev–Trinajstić information content (AvgIpc) is 2.17. The van der Waals surface area contributed by atoms with Crippen molar-refractivity contribution in [1.82, 2.24) is 0 Å². The summed E-state index contributed by atoms with van der Waals surface area (Å²) >= 11 is 1.56. The first-order chi connectivity index (χ1) is 6.15. The zero-order valence-corrected chi connectivity index (χ0v) is 9.06. The summed E-state index contributed by atoms with van der Waals surface area (Å²) in [6.07, 6.45) is 5.29. The fraction of sp³-hybridized carbons (Fsp3) is 0.444. The van der Waals surface area contributed by atoms with Crippen molar-refractivity contribution in [3.05, 3.63) is 23.5 Å². The van der Waals surface area contributed by atoms with Crippen molar-refractivity contribution < 1.29 is 5.11 Å². The Hall–Kier alpha value is -0.740. The number of thioether (sulfide) groups is 1. The summed E-state index contributed by atoms with van der Waals surface area (Å²) in [6, 6.07) is 0. The molecule has 0 aromatic heterocycles. The third kappa shape index (κ3) is 4.75. The molecule has 0 fully saturated rings. The van der Waals surface area contributed by atoms with Crippen LogP contribution < -0.4 is 5.73 Å². The van der Waals surface area contributed by atoms with E-state index in [4.69, 9.17) is 10.8 Å². The smallest absolute Gasteiger partial charge is 0.0717 e. The second kappa shape index (κ2) is 6.74. The van der Waals surface area contributed by atoms with Crippen molar-refractivity contribution in [2.45, 2.75) is 13.8 Å². The third-order valence-electron chi connectivity index (χ3n) is 1.55. The van der Waals surface area contributed by atoms with Gasteiger partial charge in [-0.05, 0) is 20.1 Å². The van der Waals surface area contributed by atoms with Gasteiger partial charge in [-0.3, -0.25) is 4.99 Å². The van der Waals surface area contributed by atoms with Crippen LogP contribution in [0.15, 0.2) is 28.5 Å². The van der Waals surface area contributed by atoms with Gasteiger partial charge in [0.25, 0.3) is 0 Å². The lowest BCUT2D eigenvalue weighted by atomic mass is 10.2. The number of aliphatic imine (C=N–C) groups is 1. The molecule has 0 rings (SSSR count). The van der Waals surface area contributed by atoms with Crippen molar-refractivity contribution in [2.24, 2.45) is 10.7 Å². The number of hydrogen-bond acceptors (Lipinski definition) is 4. The third-order valence-corrected chi connectivity index (χ3v) is 2.25. The molecule has 0 unspecified atom stereocenters. The molecule has 0 bridgehead atoms. The lowest BCUT2D eigenvalue weighted by Crippen LogP contribution is -2.04. The van der Waals surface area contributed by atoms with Crippen LogP contribution in [0.5, 0.6) is 0 Å². The van der Waals surface area contributed by atoms with E-state index in [0.717, 1.165) is 5.04 Å². The number of hydrogen-bond donors (Lipinski definition) is 2. The van der Waals surface area contributed by atoms with Crippen molar-refractivity contribution >= 4 is 16.8 Å². The van der Waals surface area contributed by atoms with Crippen LogP contribution in [0.4, 0.5) is 0 Å². The van der Waals surface area contributed by atoms with Gasteiger partial charge in [-0.2, -0.15) is 0 Å². The van der Waals surface area contributed by atoms with Crippen molar-refractivity contribution in [3.63, 3.8) is 0 Å². The largest absolute Gasteiger partial charge is 0.399 e. The molecule has 0 radical (unpaired) electrons. The number of nitrogens with zero attached hydrogens (tertiary/aromatic N) is 1. The van der Waals surface area contributed by atoms with Gasteiger partial charge in [0, 0.05) is 17.5 Å². The topological polar surface area (TPSA) is 58.6 Å². The molecule has 0 aliphatic rings. The summed E-state index contributed by atoms with van der Waals surface area (Å²) < 4.78 is 0. The Labute approximate surface area is 83.4 Å². The highest BCUT2D eigenvalue weighted by Gasteiger charge is 1.96. The first-order valence-corrected chi connectivity index (χ1v) is 5.18. The molecule has 13 heavy (non-hydrogen) atoms. The quantitative estimate of drug-likeness (QED) is 0.412. The van der Waals surface area contributed by atoms with Crippen LogP contribution in [-0.4, -0.2) is 23.0 Å². The molecule has 0 atom stereocenters.